The lowest BCUT2D eigenvalue weighted by Crippen LogP contribution is -2.36. The van der Waals surface area contributed by atoms with E-state index in [1.807, 2.05) is 0 Å². The number of aliphatic carboxylic acids is 1. The molecule has 1 amide bonds. The third-order valence-electron chi connectivity index (χ3n) is 2.09. The summed E-state index contributed by atoms with van der Waals surface area (Å²) in [6.07, 6.45) is 6.65. The fourth-order valence-electron chi connectivity index (χ4n) is 1.37. The van der Waals surface area contributed by atoms with Gasteiger partial charge < -0.3 is 14.6 Å². The summed E-state index contributed by atoms with van der Waals surface area (Å²) < 4.78 is 1.52. The lowest BCUT2D eigenvalue weighted by atomic mass is 10.3. The molecule has 1 heterocycles. The van der Waals surface area contributed by atoms with Crippen molar-refractivity contribution in [2.75, 3.05) is 13.1 Å². The van der Waals surface area contributed by atoms with E-state index in [4.69, 9.17) is 23.1 Å². The quantitative estimate of drug-likeness (QED) is 0.810. The van der Waals surface area contributed by atoms with E-state index in [1.54, 1.807) is 13.2 Å². The minimum absolute atomic E-state index is 0.0616. The standard InChI is InChI=1S/C11H11ClN2O3/c1-3-4-14(7-10(15)16)11(17)9-5-8(12)6-13(9)2/h1,5-6H,4,7H2,2H3,(H,15,16). The van der Waals surface area contributed by atoms with Gasteiger partial charge in [-0.25, -0.2) is 0 Å². The largest absolute Gasteiger partial charge is 0.480 e. The number of halogens is 1. The number of carboxylic acid groups (broad SMARTS) is 1. The van der Waals surface area contributed by atoms with E-state index in [0.717, 1.165) is 4.90 Å². The Morgan fingerprint density at radius 1 is 1.65 bits per heavy atom. The second-order valence-corrected chi connectivity index (χ2v) is 3.85. The first kappa shape index (κ1) is 13.1. The molecule has 0 spiro atoms. The first-order chi connectivity index (χ1) is 7.95. The maximum atomic E-state index is 12.0. The summed E-state index contributed by atoms with van der Waals surface area (Å²) in [6.45, 7) is -0.500. The van der Waals surface area contributed by atoms with Crippen molar-refractivity contribution in [3.63, 3.8) is 0 Å². The highest BCUT2D eigenvalue weighted by Crippen LogP contribution is 2.14. The van der Waals surface area contributed by atoms with Crippen molar-refractivity contribution < 1.29 is 14.7 Å². The van der Waals surface area contributed by atoms with Gasteiger partial charge in [0.25, 0.3) is 5.91 Å². The van der Waals surface area contributed by atoms with Crippen LogP contribution in [0.4, 0.5) is 0 Å². The van der Waals surface area contributed by atoms with E-state index in [2.05, 4.69) is 5.92 Å². The van der Waals surface area contributed by atoms with E-state index in [1.165, 1.54) is 10.6 Å². The Morgan fingerprint density at radius 3 is 2.71 bits per heavy atom. The Hall–Kier alpha value is -1.93. The summed E-state index contributed by atoms with van der Waals surface area (Å²) in [5.74, 6) is 0.674. The molecule has 0 aliphatic carbocycles. The number of amides is 1. The van der Waals surface area contributed by atoms with Crippen LogP contribution < -0.4 is 0 Å². The highest BCUT2D eigenvalue weighted by Gasteiger charge is 2.20. The molecule has 1 aromatic heterocycles. The van der Waals surface area contributed by atoms with Gasteiger partial charge in [0, 0.05) is 13.2 Å². The van der Waals surface area contributed by atoms with Crippen LogP contribution in [0.25, 0.3) is 0 Å². The molecular formula is C11H11ClN2O3. The topological polar surface area (TPSA) is 62.5 Å². The van der Waals surface area contributed by atoms with Crippen molar-refractivity contribution in [2.45, 2.75) is 0 Å². The second kappa shape index (κ2) is 5.41. The molecule has 90 valence electrons. The van der Waals surface area contributed by atoms with Crippen LogP contribution in [0.15, 0.2) is 12.3 Å². The van der Waals surface area contributed by atoms with Gasteiger partial charge in [-0.2, -0.15) is 0 Å². The van der Waals surface area contributed by atoms with E-state index in [0.29, 0.717) is 10.7 Å². The number of hydrogen-bond acceptors (Lipinski definition) is 2. The van der Waals surface area contributed by atoms with Gasteiger partial charge in [-0.3, -0.25) is 9.59 Å². The number of terminal acetylenes is 1. The summed E-state index contributed by atoms with van der Waals surface area (Å²) in [5, 5.41) is 9.09. The molecule has 0 aromatic carbocycles. The predicted molar refractivity (Wildman–Crippen MR) is 62.8 cm³/mol. The number of carboxylic acids is 1. The molecule has 6 heteroatoms. The number of aryl methyl sites for hydroxylation is 1. The SMILES string of the molecule is C#CCN(CC(=O)O)C(=O)c1cc(Cl)cn1C. The molecule has 0 aliphatic heterocycles. The average Bonchev–Trinajstić information content (AvgIpc) is 2.55. The summed E-state index contributed by atoms with van der Waals surface area (Å²) >= 11 is 5.75. The maximum Gasteiger partial charge on any atom is 0.323 e. The molecule has 1 rings (SSSR count). The maximum absolute atomic E-state index is 12.0. The Bertz CT molecular complexity index is 487. The lowest BCUT2D eigenvalue weighted by molar-refractivity contribution is -0.137. The lowest BCUT2D eigenvalue weighted by Gasteiger charge is -2.17. The van der Waals surface area contributed by atoms with Crippen LogP contribution in [0.3, 0.4) is 0 Å². The van der Waals surface area contributed by atoms with Crippen LogP contribution >= 0.6 is 11.6 Å². The Labute approximate surface area is 104 Å². The van der Waals surface area contributed by atoms with Crippen molar-refractivity contribution in [3.8, 4) is 12.3 Å². The molecule has 5 nitrogen and oxygen atoms in total. The van der Waals surface area contributed by atoms with Crippen molar-refractivity contribution >= 4 is 23.5 Å². The zero-order valence-electron chi connectivity index (χ0n) is 9.18. The van der Waals surface area contributed by atoms with Gasteiger partial charge in [-0.1, -0.05) is 17.5 Å². The second-order valence-electron chi connectivity index (χ2n) is 3.41. The molecule has 0 radical (unpaired) electrons. The predicted octanol–water partition coefficient (Wildman–Crippen LogP) is 0.839. The van der Waals surface area contributed by atoms with Crippen LogP contribution in [-0.2, 0) is 11.8 Å². The first-order valence-corrected chi connectivity index (χ1v) is 5.10. The van der Waals surface area contributed by atoms with Crippen LogP contribution in [0, 0.1) is 12.3 Å². The van der Waals surface area contributed by atoms with Crippen molar-refractivity contribution in [1.29, 1.82) is 0 Å². The van der Waals surface area contributed by atoms with Crippen LogP contribution in [0.5, 0.6) is 0 Å². The number of rotatable bonds is 4. The van der Waals surface area contributed by atoms with E-state index >= 15 is 0 Å². The van der Waals surface area contributed by atoms with Crippen LogP contribution in [0.2, 0.25) is 5.02 Å². The zero-order valence-corrected chi connectivity index (χ0v) is 9.94. The molecule has 1 aromatic rings. The zero-order chi connectivity index (χ0) is 13.0. The Kier molecular flexibility index (Phi) is 4.18. The Morgan fingerprint density at radius 2 is 2.29 bits per heavy atom. The third-order valence-corrected chi connectivity index (χ3v) is 2.29. The van der Waals surface area contributed by atoms with Gasteiger partial charge in [-0.05, 0) is 6.07 Å². The summed E-state index contributed by atoms with van der Waals surface area (Å²) in [4.78, 5) is 23.7. The van der Waals surface area contributed by atoms with Crippen molar-refractivity contribution in [3.05, 3.63) is 23.0 Å². The third kappa shape index (κ3) is 3.26. The molecule has 0 saturated heterocycles. The fraction of sp³-hybridized carbons (Fsp3) is 0.273. The summed E-state index contributed by atoms with van der Waals surface area (Å²) in [6, 6.07) is 1.47. The molecular weight excluding hydrogens is 244 g/mol. The number of carbonyl (C=O) groups is 2. The molecule has 0 atom stereocenters. The normalized spacial score (nSPS) is 9.71. The van der Waals surface area contributed by atoms with Gasteiger partial charge in [0.1, 0.15) is 12.2 Å². The van der Waals surface area contributed by atoms with Crippen LogP contribution in [-0.4, -0.2) is 39.5 Å². The number of carbonyl (C=O) groups excluding carboxylic acids is 1. The molecule has 17 heavy (non-hydrogen) atoms. The molecule has 0 saturated carbocycles. The first-order valence-electron chi connectivity index (χ1n) is 4.72. The van der Waals surface area contributed by atoms with Crippen molar-refractivity contribution in [1.82, 2.24) is 9.47 Å². The van der Waals surface area contributed by atoms with Crippen LogP contribution in [0.1, 0.15) is 10.5 Å². The Balaban J connectivity index is 2.95. The summed E-state index contributed by atoms with van der Waals surface area (Å²) in [7, 11) is 1.65. The average molecular weight is 255 g/mol. The number of aromatic nitrogens is 1. The van der Waals surface area contributed by atoms with Gasteiger partial charge in [0.05, 0.1) is 11.6 Å². The van der Waals surface area contributed by atoms with Gasteiger partial charge in [0.2, 0.25) is 0 Å². The molecule has 0 bridgehead atoms. The van der Waals surface area contributed by atoms with Crippen molar-refractivity contribution in [2.24, 2.45) is 7.05 Å². The number of nitrogens with zero attached hydrogens (tertiary/aromatic N) is 2. The molecule has 0 aliphatic rings. The minimum atomic E-state index is -1.12. The monoisotopic (exact) mass is 254 g/mol. The van der Waals surface area contributed by atoms with E-state index in [9.17, 15) is 9.59 Å². The van der Waals surface area contributed by atoms with Gasteiger partial charge >= 0.3 is 5.97 Å². The smallest absolute Gasteiger partial charge is 0.323 e. The molecule has 0 unspecified atom stereocenters. The molecule has 1 N–H and O–H groups in total. The van der Waals surface area contributed by atoms with E-state index in [-0.39, 0.29) is 6.54 Å². The van der Waals surface area contributed by atoms with Gasteiger partial charge in [-0.15, -0.1) is 6.42 Å². The highest BCUT2D eigenvalue weighted by molar-refractivity contribution is 6.31. The summed E-state index contributed by atoms with van der Waals surface area (Å²) in [5.41, 5.74) is 0.298. The number of hydrogen-bond donors (Lipinski definition) is 1. The molecule has 0 fully saturated rings. The highest BCUT2D eigenvalue weighted by atomic mass is 35.5. The minimum Gasteiger partial charge on any atom is -0.480 e. The van der Waals surface area contributed by atoms with E-state index < -0.39 is 18.4 Å². The fourth-order valence-corrected chi connectivity index (χ4v) is 1.62. The van der Waals surface area contributed by atoms with Gasteiger partial charge in [0.15, 0.2) is 0 Å².